The van der Waals surface area contributed by atoms with Gasteiger partial charge >= 0.3 is 6.36 Å². The molecule has 3 aliphatic rings. The van der Waals surface area contributed by atoms with Crippen molar-refractivity contribution >= 4 is 5.91 Å². The number of piperidine rings is 1. The maximum atomic E-state index is 12.5. The van der Waals surface area contributed by atoms with Crippen molar-refractivity contribution < 1.29 is 22.7 Å². The van der Waals surface area contributed by atoms with E-state index in [0.717, 1.165) is 31.6 Å². The van der Waals surface area contributed by atoms with Crippen molar-refractivity contribution in [3.05, 3.63) is 41.6 Å². The van der Waals surface area contributed by atoms with Crippen LogP contribution >= 0.6 is 0 Å². The molecule has 27 heavy (non-hydrogen) atoms. The maximum Gasteiger partial charge on any atom is 0.573 e. The van der Waals surface area contributed by atoms with Crippen LogP contribution < -0.4 is 20.8 Å². The number of nitrogens with one attached hydrogen (secondary N) is 3. The first-order valence-electron chi connectivity index (χ1n) is 9.02. The van der Waals surface area contributed by atoms with E-state index < -0.39 is 6.36 Å². The lowest BCUT2D eigenvalue weighted by molar-refractivity contribution is -0.274. The molecule has 0 radical (unpaired) electrons. The first-order chi connectivity index (χ1) is 12.9. The molecule has 0 spiro atoms. The number of carbonyl (C=O) groups excluding carboxylic acids is 1. The van der Waals surface area contributed by atoms with Crippen LogP contribution in [0, 0.1) is 5.92 Å². The van der Waals surface area contributed by atoms with Gasteiger partial charge in [-0.25, -0.2) is 5.43 Å². The zero-order valence-electron chi connectivity index (χ0n) is 14.6. The van der Waals surface area contributed by atoms with E-state index in [1.165, 1.54) is 18.2 Å². The smallest absolute Gasteiger partial charge is 0.406 e. The van der Waals surface area contributed by atoms with Gasteiger partial charge in [0.25, 0.3) is 0 Å². The van der Waals surface area contributed by atoms with E-state index in [4.69, 9.17) is 0 Å². The molecule has 0 aromatic heterocycles. The summed E-state index contributed by atoms with van der Waals surface area (Å²) in [6.45, 7) is 2.33. The zero-order valence-corrected chi connectivity index (χ0v) is 14.6. The summed E-state index contributed by atoms with van der Waals surface area (Å²) in [5.74, 6) is -0.321. The molecule has 9 heteroatoms. The Hall–Kier alpha value is -2.26. The number of amides is 1. The predicted octanol–water partition coefficient (Wildman–Crippen LogP) is 1.83. The van der Waals surface area contributed by atoms with E-state index in [1.54, 1.807) is 12.1 Å². The summed E-state index contributed by atoms with van der Waals surface area (Å²) < 4.78 is 41.6. The Morgan fingerprint density at radius 1 is 1.19 bits per heavy atom. The van der Waals surface area contributed by atoms with Gasteiger partial charge in [0, 0.05) is 30.2 Å². The number of nitrogens with zero attached hydrogens (tertiary/aromatic N) is 1. The first-order valence-corrected chi connectivity index (χ1v) is 9.02. The van der Waals surface area contributed by atoms with Gasteiger partial charge in [-0.3, -0.25) is 9.80 Å². The van der Waals surface area contributed by atoms with Gasteiger partial charge in [-0.05, 0) is 43.6 Å². The van der Waals surface area contributed by atoms with Crippen molar-refractivity contribution in [3.8, 4) is 5.75 Å². The van der Waals surface area contributed by atoms with Crippen molar-refractivity contribution in [2.24, 2.45) is 5.92 Å². The van der Waals surface area contributed by atoms with E-state index in [-0.39, 0.29) is 29.7 Å². The molecular formula is C18H21F3N4O2. The molecule has 2 unspecified atom stereocenters. The van der Waals surface area contributed by atoms with Crippen LogP contribution in [0.4, 0.5) is 13.2 Å². The van der Waals surface area contributed by atoms with Gasteiger partial charge in [-0.15, -0.1) is 13.2 Å². The molecule has 2 atom stereocenters. The molecule has 3 heterocycles. The Morgan fingerprint density at radius 3 is 2.70 bits per heavy atom. The number of hydrogen-bond acceptors (Lipinski definition) is 5. The molecule has 146 valence electrons. The summed E-state index contributed by atoms with van der Waals surface area (Å²) in [6.07, 6.45) is -1.55. The minimum atomic E-state index is -4.73. The fourth-order valence-corrected chi connectivity index (χ4v) is 4.07. The van der Waals surface area contributed by atoms with Gasteiger partial charge in [0.2, 0.25) is 5.91 Å². The molecule has 3 aliphatic heterocycles. The molecule has 0 bridgehead atoms. The molecule has 2 fully saturated rings. The van der Waals surface area contributed by atoms with Crippen LogP contribution in [0.1, 0.15) is 24.3 Å². The van der Waals surface area contributed by atoms with E-state index in [0.29, 0.717) is 12.1 Å². The molecule has 3 N–H and O–H groups in total. The Balaban J connectivity index is 1.56. The highest BCUT2D eigenvalue weighted by Crippen LogP contribution is 2.36. The molecular weight excluding hydrogens is 361 g/mol. The van der Waals surface area contributed by atoms with Crippen LogP contribution in [-0.4, -0.2) is 43.1 Å². The number of alkyl halides is 3. The van der Waals surface area contributed by atoms with Gasteiger partial charge in [-0.1, -0.05) is 12.1 Å². The average Bonchev–Trinajstić information content (AvgIpc) is 3.04. The summed E-state index contributed by atoms with van der Waals surface area (Å²) in [7, 11) is 0. The second-order valence-electron chi connectivity index (χ2n) is 7.01. The third-order valence-corrected chi connectivity index (χ3v) is 5.27. The SMILES string of the molecule is O=C1C=C(C2CCNCC2)N2NCC(c3cccc(OC(F)(F)F)c3)C2N1. The van der Waals surface area contributed by atoms with Crippen molar-refractivity contribution in [2.75, 3.05) is 19.6 Å². The van der Waals surface area contributed by atoms with Crippen molar-refractivity contribution in [1.82, 2.24) is 21.1 Å². The molecule has 2 saturated heterocycles. The minimum absolute atomic E-state index is 0.166. The van der Waals surface area contributed by atoms with Crippen LogP contribution in [-0.2, 0) is 4.79 Å². The number of hydrogen-bond donors (Lipinski definition) is 3. The number of halogens is 3. The molecule has 4 rings (SSSR count). The Kier molecular flexibility index (Phi) is 4.73. The maximum absolute atomic E-state index is 12.5. The number of benzene rings is 1. The summed E-state index contributed by atoms with van der Waals surface area (Å²) in [4.78, 5) is 12.3. The third-order valence-electron chi connectivity index (χ3n) is 5.27. The third kappa shape index (κ3) is 3.89. The molecule has 6 nitrogen and oxygen atoms in total. The van der Waals surface area contributed by atoms with E-state index in [1.807, 2.05) is 5.01 Å². The van der Waals surface area contributed by atoms with Gasteiger partial charge < -0.3 is 15.4 Å². The van der Waals surface area contributed by atoms with E-state index >= 15 is 0 Å². The quantitative estimate of drug-likeness (QED) is 0.745. The van der Waals surface area contributed by atoms with Crippen molar-refractivity contribution in [3.63, 3.8) is 0 Å². The van der Waals surface area contributed by atoms with Crippen molar-refractivity contribution in [1.29, 1.82) is 0 Å². The Labute approximate surface area is 154 Å². The molecule has 0 saturated carbocycles. The number of ether oxygens (including phenoxy) is 1. The van der Waals surface area contributed by atoms with E-state index in [2.05, 4.69) is 20.8 Å². The van der Waals surface area contributed by atoms with Crippen LogP contribution in [0.3, 0.4) is 0 Å². The summed E-state index contributed by atoms with van der Waals surface area (Å²) in [5, 5.41) is 8.22. The van der Waals surface area contributed by atoms with Crippen LogP contribution in [0.2, 0.25) is 0 Å². The number of hydrazine groups is 1. The number of carbonyl (C=O) groups is 1. The second kappa shape index (κ2) is 7.05. The average molecular weight is 382 g/mol. The predicted molar refractivity (Wildman–Crippen MR) is 91.3 cm³/mol. The normalized spacial score (nSPS) is 26.4. The monoisotopic (exact) mass is 382 g/mol. The fourth-order valence-electron chi connectivity index (χ4n) is 4.07. The topological polar surface area (TPSA) is 65.6 Å². The summed E-state index contributed by atoms with van der Waals surface area (Å²) in [5.41, 5.74) is 4.95. The van der Waals surface area contributed by atoms with Crippen LogP contribution in [0.5, 0.6) is 5.75 Å². The van der Waals surface area contributed by atoms with Crippen LogP contribution in [0.25, 0.3) is 0 Å². The highest BCUT2D eigenvalue weighted by atomic mass is 19.4. The number of rotatable bonds is 3. The van der Waals surface area contributed by atoms with Crippen molar-refractivity contribution in [2.45, 2.75) is 31.3 Å². The van der Waals surface area contributed by atoms with Crippen LogP contribution in [0.15, 0.2) is 36.0 Å². The second-order valence-corrected chi connectivity index (χ2v) is 7.01. The van der Waals surface area contributed by atoms with E-state index in [9.17, 15) is 18.0 Å². The lowest BCUT2D eigenvalue weighted by atomic mass is 9.91. The zero-order chi connectivity index (χ0) is 19.0. The van der Waals surface area contributed by atoms with Gasteiger partial charge in [-0.2, -0.15) is 0 Å². The Bertz CT molecular complexity index is 746. The number of fused-ring (bicyclic) bond motifs is 1. The number of allylic oxidation sites excluding steroid dienone is 1. The lowest BCUT2D eigenvalue weighted by Gasteiger charge is -2.39. The summed E-state index contributed by atoms with van der Waals surface area (Å²) in [6, 6.07) is 5.95. The highest BCUT2D eigenvalue weighted by Gasteiger charge is 2.42. The largest absolute Gasteiger partial charge is 0.573 e. The standard InChI is InChI=1S/C18H21F3N4O2/c19-18(20,21)27-13-3-1-2-12(8-13)14-10-23-25-15(9-16(26)24-17(14)25)11-4-6-22-7-5-11/h1-3,8-9,11,14,17,22-23H,4-7,10H2,(H,24,26). The first kappa shape index (κ1) is 18.1. The molecule has 1 aromatic rings. The van der Waals surface area contributed by atoms with Gasteiger partial charge in [0.05, 0.1) is 0 Å². The fraction of sp³-hybridized carbons (Fsp3) is 0.500. The Morgan fingerprint density at radius 2 is 1.96 bits per heavy atom. The molecule has 1 amide bonds. The van der Waals surface area contributed by atoms with Gasteiger partial charge in [0.15, 0.2) is 0 Å². The lowest BCUT2D eigenvalue weighted by Crippen LogP contribution is -2.53. The van der Waals surface area contributed by atoms with Gasteiger partial charge in [0.1, 0.15) is 11.9 Å². The summed E-state index contributed by atoms with van der Waals surface area (Å²) >= 11 is 0. The minimum Gasteiger partial charge on any atom is -0.406 e. The highest BCUT2D eigenvalue weighted by molar-refractivity contribution is 5.89. The molecule has 1 aromatic carbocycles. The molecule has 0 aliphatic carbocycles.